The van der Waals surface area contributed by atoms with Gasteiger partial charge >= 0.3 is 0 Å². The van der Waals surface area contributed by atoms with Crippen molar-refractivity contribution >= 4 is 5.82 Å². The fourth-order valence-electron chi connectivity index (χ4n) is 1.82. The Morgan fingerprint density at radius 1 is 1.33 bits per heavy atom. The lowest BCUT2D eigenvalue weighted by atomic mass is 10.0. The third kappa shape index (κ3) is 3.41. The van der Waals surface area contributed by atoms with Gasteiger partial charge in [-0.3, -0.25) is 0 Å². The number of hydrogen-bond acceptors (Lipinski definition) is 5. The fourth-order valence-corrected chi connectivity index (χ4v) is 1.82. The highest BCUT2D eigenvalue weighted by Gasteiger charge is 2.15. The molecule has 0 fully saturated rings. The zero-order valence-electron chi connectivity index (χ0n) is 11.5. The van der Waals surface area contributed by atoms with Crippen LogP contribution in [-0.4, -0.2) is 22.8 Å². The molecule has 1 unspecified atom stereocenters. The molecule has 98 valence electrons. The van der Waals surface area contributed by atoms with Gasteiger partial charge in [0.2, 0.25) is 0 Å². The van der Waals surface area contributed by atoms with Gasteiger partial charge in [0.15, 0.2) is 5.82 Å². The van der Waals surface area contributed by atoms with Crippen molar-refractivity contribution in [3.05, 3.63) is 16.8 Å². The number of anilines is 1. The van der Waals surface area contributed by atoms with Gasteiger partial charge in [-0.05, 0) is 31.7 Å². The molecule has 1 atom stereocenters. The standard InChI is InChI=1S/C13H21N5/c1-8(2)5-11(6-14)16-13-12(7-15)9(3)10(4)17-18-13/h8,11H,5-6,14H2,1-4H3,(H,16,18). The second-order valence-corrected chi connectivity index (χ2v) is 4.95. The number of nitrogens with zero attached hydrogens (tertiary/aromatic N) is 3. The highest BCUT2D eigenvalue weighted by Crippen LogP contribution is 2.19. The molecule has 0 radical (unpaired) electrons. The summed E-state index contributed by atoms with van der Waals surface area (Å²) in [5.74, 6) is 1.08. The molecule has 0 bridgehead atoms. The highest BCUT2D eigenvalue weighted by atomic mass is 15.2. The van der Waals surface area contributed by atoms with Gasteiger partial charge in [0.1, 0.15) is 11.6 Å². The Labute approximate surface area is 108 Å². The first-order valence-electron chi connectivity index (χ1n) is 6.20. The van der Waals surface area contributed by atoms with Crippen LogP contribution in [0.2, 0.25) is 0 Å². The van der Waals surface area contributed by atoms with Gasteiger partial charge in [-0.1, -0.05) is 13.8 Å². The van der Waals surface area contributed by atoms with E-state index in [4.69, 9.17) is 5.73 Å². The Kier molecular flexibility index (Phi) is 5.05. The van der Waals surface area contributed by atoms with Gasteiger partial charge in [-0.2, -0.15) is 10.4 Å². The molecule has 1 heterocycles. The van der Waals surface area contributed by atoms with Crippen LogP contribution in [0.3, 0.4) is 0 Å². The summed E-state index contributed by atoms with van der Waals surface area (Å²) >= 11 is 0. The number of hydrogen-bond donors (Lipinski definition) is 2. The Bertz CT molecular complexity index is 447. The second kappa shape index (κ2) is 6.31. The summed E-state index contributed by atoms with van der Waals surface area (Å²) in [7, 11) is 0. The summed E-state index contributed by atoms with van der Waals surface area (Å²) < 4.78 is 0. The molecule has 1 aromatic rings. The van der Waals surface area contributed by atoms with E-state index in [1.165, 1.54) is 0 Å². The molecule has 0 saturated heterocycles. The quantitative estimate of drug-likeness (QED) is 0.827. The number of nitriles is 1. The maximum absolute atomic E-state index is 9.20. The van der Waals surface area contributed by atoms with E-state index in [0.29, 0.717) is 23.8 Å². The van der Waals surface area contributed by atoms with E-state index in [2.05, 4.69) is 35.4 Å². The molecule has 3 N–H and O–H groups in total. The average Bonchev–Trinajstić information content (AvgIpc) is 2.32. The maximum Gasteiger partial charge on any atom is 0.167 e. The van der Waals surface area contributed by atoms with Crippen LogP contribution >= 0.6 is 0 Å². The number of aromatic nitrogens is 2. The maximum atomic E-state index is 9.20. The Balaban J connectivity index is 2.97. The Hall–Kier alpha value is -1.67. The molecular formula is C13H21N5. The van der Waals surface area contributed by atoms with Crippen LogP contribution in [0.25, 0.3) is 0 Å². The van der Waals surface area contributed by atoms with Crippen LogP contribution in [0, 0.1) is 31.1 Å². The molecule has 1 aromatic heterocycles. The second-order valence-electron chi connectivity index (χ2n) is 4.95. The van der Waals surface area contributed by atoms with Gasteiger partial charge in [0, 0.05) is 12.6 Å². The topological polar surface area (TPSA) is 87.6 Å². The van der Waals surface area contributed by atoms with Gasteiger partial charge in [0.25, 0.3) is 0 Å². The lowest BCUT2D eigenvalue weighted by Gasteiger charge is -2.20. The van der Waals surface area contributed by atoms with E-state index in [1.54, 1.807) is 0 Å². The predicted octanol–water partition coefficient (Wildman–Crippen LogP) is 1.75. The Morgan fingerprint density at radius 3 is 2.50 bits per heavy atom. The first kappa shape index (κ1) is 14.4. The monoisotopic (exact) mass is 247 g/mol. The van der Waals surface area contributed by atoms with Gasteiger partial charge < -0.3 is 11.1 Å². The molecular weight excluding hydrogens is 226 g/mol. The minimum atomic E-state index is 0.119. The third-order valence-corrected chi connectivity index (χ3v) is 2.95. The van der Waals surface area contributed by atoms with Crippen LogP contribution in [0.5, 0.6) is 0 Å². The van der Waals surface area contributed by atoms with Gasteiger partial charge in [-0.15, -0.1) is 5.10 Å². The first-order valence-corrected chi connectivity index (χ1v) is 6.20. The van der Waals surface area contributed by atoms with E-state index in [9.17, 15) is 5.26 Å². The molecule has 0 spiro atoms. The summed E-state index contributed by atoms with van der Waals surface area (Å²) in [5.41, 5.74) is 7.95. The summed E-state index contributed by atoms with van der Waals surface area (Å²) in [6.45, 7) is 8.52. The third-order valence-electron chi connectivity index (χ3n) is 2.95. The average molecular weight is 247 g/mol. The fraction of sp³-hybridized carbons (Fsp3) is 0.615. The molecule has 18 heavy (non-hydrogen) atoms. The van der Waals surface area contributed by atoms with E-state index < -0.39 is 0 Å². The van der Waals surface area contributed by atoms with Crippen molar-refractivity contribution in [1.82, 2.24) is 10.2 Å². The van der Waals surface area contributed by atoms with Crippen LogP contribution < -0.4 is 11.1 Å². The molecule has 0 aromatic carbocycles. The van der Waals surface area contributed by atoms with Crippen LogP contribution in [-0.2, 0) is 0 Å². The highest BCUT2D eigenvalue weighted by molar-refractivity contribution is 5.56. The van der Waals surface area contributed by atoms with Crippen molar-refractivity contribution in [2.24, 2.45) is 11.7 Å². The number of rotatable bonds is 5. The SMILES string of the molecule is Cc1nnc(NC(CN)CC(C)C)c(C#N)c1C. The summed E-state index contributed by atoms with van der Waals surface area (Å²) in [6, 6.07) is 2.30. The molecule has 0 amide bonds. The van der Waals surface area contributed by atoms with Crippen LogP contribution in [0.1, 0.15) is 37.1 Å². The summed E-state index contributed by atoms with van der Waals surface area (Å²) in [5, 5.41) is 20.5. The van der Waals surface area contributed by atoms with E-state index >= 15 is 0 Å². The van der Waals surface area contributed by atoms with Crippen molar-refractivity contribution in [2.45, 2.75) is 40.2 Å². The van der Waals surface area contributed by atoms with Crippen molar-refractivity contribution < 1.29 is 0 Å². The zero-order chi connectivity index (χ0) is 13.7. The smallest absolute Gasteiger partial charge is 0.167 e. The minimum absolute atomic E-state index is 0.119. The number of nitrogens with one attached hydrogen (secondary N) is 1. The largest absolute Gasteiger partial charge is 0.363 e. The molecule has 5 heteroatoms. The normalized spacial score (nSPS) is 12.3. The summed E-state index contributed by atoms with van der Waals surface area (Å²) in [4.78, 5) is 0. The van der Waals surface area contributed by atoms with Crippen LogP contribution in [0.15, 0.2) is 0 Å². The van der Waals surface area contributed by atoms with Crippen molar-refractivity contribution in [2.75, 3.05) is 11.9 Å². The van der Waals surface area contributed by atoms with Gasteiger partial charge in [-0.25, -0.2) is 0 Å². The van der Waals surface area contributed by atoms with Crippen molar-refractivity contribution in [1.29, 1.82) is 5.26 Å². The van der Waals surface area contributed by atoms with E-state index in [1.807, 2.05) is 13.8 Å². The molecule has 0 aliphatic carbocycles. The van der Waals surface area contributed by atoms with Crippen molar-refractivity contribution in [3.63, 3.8) is 0 Å². The molecule has 5 nitrogen and oxygen atoms in total. The molecule has 0 aliphatic rings. The predicted molar refractivity (Wildman–Crippen MR) is 72.1 cm³/mol. The Morgan fingerprint density at radius 2 is 2.00 bits per heavy atom. The lowest BCUT2D eigenvalue weighted by Crippen LogP contribution is -2.31. The van der Waals surface area contributed by atoms with E-state index in [-0.39, 0.29) is 6.04 Å². The summed E-state index contributed by atoms with van der Waals surface area (Å²) in [6.07, 6.45) is 0.940. The first-order chi connectivity index (χ1) is 8.49. The van der Waals surface area contributed by atoms with E-state index in [0.717, 1.165) is 17.7 Å². The molecule has 0 saturated carbocycles. The minimum Gasteiger partial charge on any atom is -0.363 e. The van der Waals surface area contributed by atoms with Crippen LogP contribution in [0.4, 0.5) is 5.82 Å². The zero-order valence-corrected chi connectivity index (χ0v) is 11.5. The lowest BCUT2D eigenvalue weighted by molar-refractivity contribution is 0.520. The van der Waals surface area contributed by atoms with Crippen molar-refractivity contribution in [3.8, 4) is 6.07 Å². The molecule has 1 rings (SSSR count). The number of nitrogens with two attached hydrogens (primary N) is 1. The molecule has 0 aliphatic heterocycles. The van der Waals surface area contributed by atoms with Gasteiger partial charge in [0.05, 0.1) is 5.69 Å². The number of aryl methyl sites for hydroxylation is 1.